The van der Waals surface area contributed by atoms with E-state index in [0.29, 0.717) is 0 Å². The number of allylic oxidation sites excluding steroid dienone is 3. The van der Waals surface area contributed by atoms with E-state index >= 15 is 0 Å². The first-order valence-electron chi connectivity index (χ1n) is 7.89. The second-order valence-corrected chi connectivity index (χ2v) is 6.26. The molecular weight excluding hydrogens is 246 g/mol. The lowest BCUT2D eigenvalue weighted by Gasteiger charge is -2.28. The SMILES string of the molecule is CCC(C)C(=O)N(CC=C(C)CCC=C(C)C)C(C)C. The Morgan fingerprint density at radius 1 is 1.10 bits per heavy atom. The van der Waals surface area contributed by atoms with Gasteiger partial charge in [0.15, 0.2) is 0 Å². The van der Waals surface area contributed by atoms with Gasteiger partial charge in [-0.1, -0.05) is 37.1 Å². The second kappa shape index (κ2) is 9.79. The minimum atomic E-state index is 0.122. The predicted octanol–water partition coefficient (Wildman–Crippen LogP) is 4.96. The molecule has 1 unspecified atom stereocenters. The molecule has 1 amide bonds. The smallest absolute Gasteiger partial charge is 0.225 e. The van der Waals surface area contributed by atoms with E-state index in [9.17, 15) is 4.79 Å². The second-order valence-electron chi connectivity index (χ2n) is 6.26. The Morgan fingerprint density at radius 2 is 1.70 bits per heavy atom. The van der Waals surface area contributed by atoms with Crippen molar-refractivity contribution in [2.75, 3.05) is 6.54 Å². The van der Waals surface area contributed by atoms with Crippen LogP contribution in [-0.4, -0.2) is 23.4 Å². The Hall–Kier alpha value is -1.05. The summed E-state index contributed by atoms with van der Waals surface area (Å²) >= 11 is 0. The molecule has 0 aromatic carbocycles. The van der Waals surface area contributed by atoms with Crippen LogP contribution in [0, 0.1) is 5.92 Å². The van der Waals surface area contributed by atoms with Crippen LogP contribution in [0.2, 0.25) is 0 Å². The maximum absolute atomic E-state index is 12.3. The van der Waals surface area contributed by atoms with Gasteiger partial charge in [0.2, 0.25) is 5.91 Å². The molecule has 0 N–H and O–H groups in total. The molecule has 0 heterocycles. The molecule has 116 valence electrons. The lowest BCUT2D eigenvalue weighted by Crippen LogP contribution is -2.40. The molecule has 0 aromatic rings. The van der Waals surface area contributed by atoms with E-state index in [0.717, 1.165) is 25.8 Å². The Kier molecular flexibility index (Phi) is 9.28. The molecule has 0 saturated carbocycles. The Labute approximate surface area is 125 Å². The average Bonchev–Trinajstić information content (AvgIpc) is 2.36. The number of carbonyl (C=O) groups excluding carboxylic acids is 1. The van der Waals surface area contributed by atoms with E-state index in [1.807, 2.05) is 11.8 Å². The lowest BCUT2D eigenvalue weighted by molar-refractivity contribution is -0.136. The molecule has 0 radical (unpaired) electrons. The predicted molar refractivity (Wildman–Crippen MR) is 88.7 cm³/mol. The van der Waals surface area contributed by atoms with Crippen molar-refractivity contribution in [2.45, 2.75) is 73.8 Å². The van der Waals surface area contributed by atoms with Crippen LogP contribution in [0.15, 0.2) is 23.3 Å². The first-order valence-corrected chi connectivity index (χ1v) is 7.89. The highest BCUT2D eigenvalue weighted by Gasteiger charge is 2.20. The highest BCUT2D eigenvalue weighted by Crippen LogP contribution is 2.12. The molecule has 2 nitrogen and oxygen atoms in total. The third-order valence-corrected chi connectivity index (χ3v) is 3.67. The monoisotopic (exact) mass is 279 g/mol. The molecular formula is C18H33NO. The summed E-state index contributed by atoms with van der Waals surface area (Å²) in [6.07, 6.45) is 7.55. The molecule has 0 aliphatic carbocycles. The van der Waals surface area contributed by atoms with E-state index in [2.05, 4.69) is 53.7 Å². The van der Waals surface area contributed by atoms with Crippen LogP contribution < -0.4 is 0 Å². The number of carbonyl (C=O) groups is 1. The van der Waals surface area contributed by atoms with Crippen LogP contribution in [0.5, 0.6) is 0 Å². The van der Waals surface area contributed by atoms with Gasteiger partial charge in [0.25, 0.3) is 0 Å². The van der Waals surface area contributed by atoms with Crippen molar-refractivity contribution in [3.05, 3.63) is 23.3 Å². The Bertz CT molecular complexity index is 348. The highest BCUT2D eigenvalue weighted by molar-refractivity contribution is 5.78. The first-order chi connectivity index (χ1) is 9.29. The van der Waals surface area contributed by atoms with Gasteiger partial charge in [-0.05, 0) is 53.9 Å². The van der Waals surface area contributed by atoms with E-state index in [4.69, 9.17) is 0 Å². The maximum atomic E-state index is 12.3. The van der Waals surface area contributed by atoms with Crippen LogP contribution in [0.4, 0.5) is 0 Å². The van der Waals surface area contributed by atoms with Crippen LogP contribution in [0.1, 0.15) is 67.7 Å². The highest BCUT2D eigenvalue weighted by atomic mass is 16.2. The van der Waals surface area contributed by atoms with Gasteiger partial charge in [-0.25, -0.2) is 0 Å². The molecule has 2 heteroatoms. The van der Waals surface area contributed by atoms with Crippen molar-refractivity contribution in [3.63, 3.8) is 0 Å². The molecule has 0 spiro atoms. The zero-order valence-corrected chi connectivity index (χ0v) is 14.5. The Balaban J connectivity index is 4.53. The van der Waals surface area contributed by atoms with Gasteiger partial charge in [0, 0.05) is 18.5 Å². The van der Waals surface area contributed by atoms with Gasteiger partial charge >= 0.3 is 0 Å². The molecule has 0 aromatic heterocycles. The molecule has 0 bridgehead atoms. The van der Waals surface area contributed by atoms with Crippen molar-refractivity contribution in [3.8, 4) is 0 Å². The molecule has 0 fully saturated rings. The summed E-state index contributed by atoms with van der Waals surface area (Å²) in [6.45, 7) is 15.4. The quantitative estimate of drug-likeness (QED) is 0.575. The number of nitrogens with zero attached hydrogens (tertiary/aromatic N) is 1. The maximum Gasteiger partial charge on any atom is 0.225 e. The molecule has 0 aliphatic rings. The van der Waals surface area contributed by atoms with Crippen LogP contribution in [0.25, 0.3) is 0 Å². The van der Waals surface area contributed by atoms with Gasteiger partial charge in [0.05, 0.1) is 0 Å². The minimum Gasteiger partial charge on any atom is -0.336 e. The van der Waals surface area contributed by atoms with Crippen molar-refractivity contribution >= 4 is 5.91 Å². The third-order valence-electron chi connectivity index (χ3n) is 3.67. The summed E-state index contributed by atoms with van der Waals surface area (Å²) < 4.78 is 0. The summed E-state index contributed by atoms with van der Waals surface area (Å²) in [5, 5.41) is 0. The van der Waals surface area contributed by atoms with Crippen LogP contribution in [-0.2, 0) is 4.79 Å². The van der Waals surface area contributed by atoms with Crippen molar-refractivity contribution in [1.29, 1.82) is 0 Å². The van der Waals surface area contributed by atoms with Gasteiger partial charge in [0.1, 0.15) is 0 Å². The summed E-state index contributed by atoms with van der Waals surface area (Å²) in [5.41, 5.74) is 2.73. The number of rotatable bonds is 8. The van der Waals surface area contributed by atoms with Crippen LogP contribution in [0.3, 0.4) is 0 Å². The summed E-state index contributed by atoms with van der Waals surface area (Å²) in [7, 11) is 0. The van der Waals surface area contributed by atoms with E-state index in [1.54, 1.807) is 0 Å². The number of hydrogen-bond acceptors (Lipinski definition) is 1. The summed E-state index contributed by atoms with van der Waals surface area (Å²) in [5.74, 6) is 0.396. The fourth-order valence-electron chi connectivity index (χ4n) is 1.96. The third kappa shape index (κ3) is 7.52. The van der Waals surface area contributed by atoms with Gasteiger partial charge in [-0.15, -0.1) is 0 Å². The van der Waals surface area contributed by atoms with E-state index in [-0.39, 0.29) is 17.9 Å². The zero-order chi connectivity index (χ0) is 15.7. The first kappa shape index (κ1) is 18.9. The molecule has 1 atom stereocenters. The number of amides is 1. The van der Waals surface area contributed by atoms with Crippen molar-refractivity contribution in [2.24, 2.45) is 5.92 Å². The van der Waals surface area contributed by atoms with Gasteiger partial charge in [-0.2, -0.15) is 0 Å². The summed E-state index contributed by atoms with van der Waals surface area (Å²) in [4.78, 5) is 14.3. The standard InChI is InChI=1S/C18H33NO/c1-8-17(7)18(20)19(15(4)5)13-12-16(6)11-9-10-14(2)3/h10,12,15,17H,8-9,11,13H2,1-7H3. The normalized spacial score (nSPS) is 13.3. The molecule has 0 saturated heterocycles. The fourth-order valence-corrected chi connectivity index (χ4v) is 1.96. The summed E-state index contributed by atoms with van der Waals surface area (Å²) in [6, 6.07) is 0.262. The van der Waals surface area contributed by atoms with Crippen molar-refractivity contribution in [1.82, 2.24) is 4.90 Å². The van der Waals surface area contributed by atoms with E-state index in [1.165, 1.54) is 11.1 Å². The van der Waals surface area contributed by atoms with Crippen molar-refractivity contribution < 1.29 is 4.79 Å². The fraction of sp³-hybridized carbons (Fsp3) is 0.722. The number of hydrogen-bond donors (Lipinski definition) is 0. The molecule has 20 heavy (non-hydrogen) atoms. The lowest BCUT2D eigenvalue weighted by atomic mass is 10.1. The molecule has 0 aliphatic heterocycles. The average molecular weight is 279 g/mol. The molecule has 0 rings (SSSR count). The van der Waals surface area contributed by atoms with Gasteiger partial charge < -0.3 is 4.90 Å². The minimum absolute atomic E-state index is 0.122. The largest absolute Gasteiger partial charge is 0.336 e. The Morgan fingerprint density at radius 3 is 2.15 bits per heavy atom. The topological polar surface area (TPSA) is 20.3 Å². The van der Waals surface area contributed by atoms with Gasteiger partial charge in [-0.3, -0.25) is 4.79 Å². The zero-order valence-electron chi connectivity index (χ0n) is 14.5. The van der Waals surface area contributed by atoms with E-state index < -0.39 is 0 Å². The van der Waals surface area contributed by atoms with Crippen LogP contribution >= 0.6 is 0 Å².